The van der Waals surface area contributed by atoms with Crippen LogP contribution in [0.4, 0.5) is 17.2 Å². The van der Waals surface area contributed by atoms with E-state index in [2.05, 4.69) is 16.4 Å². The second-order valence-corrected chi connectivity index (χ2v) is 3.72. The first-order valence-corrected chi connectivity index (χ1v) is 5.19. The number of nitrogens with one attached hydrogen (secondary N) is 1. The maximum absolute atomic E-state index is 9.00. The first kappa shape index (κ1) is 11.0. The Balaban J connectivity index is 2.37. The van der Waals surface area contributed by atoms with Gasteiger partial charge in [-0.3, -0.25) is 0 Å². The van der Waals surface area contributed by atoms with Gasteiger partial charge in [0.05, 0.1) is 17.4 Å². The van der Waals surface area contributed by atoms with Crippen LogP contribution in [0.3, 0.4) is 0 Å². The van der Waals surface area contributed by atoms with Gasteiger partial charge in [-0.25, -0.2) is 4.98 Å². The van der Waals surface area contributed by atoms with Crippen molar-refractivity contribution in [2.75, 3.05) is 11.1 Å². The van der Waals surface area contributed by atoms with Gasteiger partial charge in [0.2, 0.25) is 0 Å². The second-order valence-electron chi connectivity index (χ2n) is 3.72. The number of nitrogens with zero attached hydrogens (tertiary/aromatic N) is 2. The zero-order chi connectivity index (χ0) is 12.3. The van der Waals surface area contributed by atoms with E-state index in [1.807, 2.05) is 31.2 Å². The van der Waals surface area contributed by atoms with E-state index in [0.717, 1.165) is 11.3 Å². The number of benzene rings is 1. The number of rotatable bonds is 2. The molecule has 84 valence electrons. The summed E-state index contributed by atoms with van der Waals surface area (Å²) in [7, 11) is 0. The maximum atomic E-state index is 9.00. The van der Waals surface area contributed by atoms with Crippen molar-refractivity contribution in [3.8, 4) is 6.07 Å². The third kappa shape index (κ3) is 2.34. The molecule has 0 fully saturated rings. The molecule has 0 bridgehead atoms. The molecule has 17 heavy (non-hydrogen) atoms. The first-order valence-electron chi connectivity index (χ1n) is 5.19. The third-order valence-corrected chi connectivity index (χ3v) is 2.43. The minimum Gasteiger partial charge on any atom is -0.397 e. The van der Waals surface area contributed by atoms with Crippen molar-refractivity contribution >= 4 is 17.2 Å². The monoisotopic (exact) mass is 224 g/mol. The zero-order valence-corrected chi connectivity index (χ0v) is 9.44. The number of aryl methyl sites for hydroxylation is 1. The molecule has 0 amide bonds. The Bertz CT molecular complexity index is 584. The Morgan fingerprint density at radius 2 is 2.12 bits per heavy atom. The Labute approximate surface area is 99.7 Å². The molecule has 0 unspecified atom stereocenters. The molecule has 2 rings (SSSR count). The summed E-state index contributed by atoms with van der Waals surface area (Å²) in [5.74, 6) is 0.524. The van der Waals surface area contributed by atoms with E-state index >= 15 is 0 Å². The summed E-state index contributed by atoms with van der Waals surface area (Å²) >= 11 is 0. The molecular weight excluding hydrogens is 212 g/mol. The van der Waals surface area contributed by atoms with Crippen LogP contribution in [-0.2, 0) is 0 Å². The van der Waals surface area contributed by atoms with E-state index in [1.54, 1.807) is 6.07 Å². The van der Waals surface area contributed by atoms with Gasteiger partial charge >= 0.3 is 0 Å². The van der Waals surface area contributed by atoms with E-state index in [1.165, 1.54) is 6.20 Å². The zero-order valence-electron chi connectivity index (χ0n) is 9.44. The number of anilines is 3. The minimum absolute atomic E-state index is 0.438. The van der Waals surface area contributed by atoms with E-state index in [0.29, 0.717) is 17.1 Å². The maximum Gasteiger partial charge on any atom is 0.148 e. The lowest BCUT2D eigenvalue weighted by molar-refractivity contribution is 1.28. The molecule has 4 heteroatoms. The fourth-order valence-electron chi connectivity index (χ4n) is 1.51. The Morgan fingerprint density at radius 1 is 1.35 bits per heavy atom. The van der Waals surface area contributed by atoms with E-state index < -0.39 is 0 Å². The van der Waals surface area contributed by atoms with Gasteiger partial charge in [-0.1, -0.05) is 18.2 Å². The number of hydrogen-bond donors (Lipinski definition) is 2. The molecule has 2 aromatic rings. The van der Waals surface area contributed by atoms with Crippen LogP contribution >= 0.6 is 0 Å². The largest absolute Gasteiger partial charge is 0.397 e. The highest BCUT2D eigenvalue weighted by Gasteiger charge is 2.05. The Morgan fingerprint density at radius 3 is 2.82 bits per heavy atom. The van der Waals surface area contributed by atoms with E-state index in [-0.39, 0.29) is 0 Å². The Hall–Kier alpha value is -2.54. The van der Waals surface area contributed by atoms with E-state index in [4.69, 9.17) is 11.0 Å². The quantitative estimate of drug-likeness (QED) is 0.822. The van der Waals surface area contributed by atoms with Gasteiger partial charge in [-0.05, 0) is 24.6 Å². The van der Waals surface area contributed by atoms with Crippen LogP contribution < -0.4 is 11.1 Å². The smallest absolute Gasteiger partial charge is 0.148 e. The summed E-state index contributed by atoms with van der Waals surface area (Å²) in [6.07, 6.45) is 1.53. The van der Waals surface area contributed by atoms with Crippen molar-refractivity contribution in [1.29, 1.82) is 5.26 Å². The number of nitrogen functional groups attached to an aromatic ring is 1. The van der Waals surface area contributed by atoms with Crippen molar-refractivity contribution in [2.45, 2.75) is 6.92 Å². The lowest BCUT2D eigenvalue weighted by Gasteiger charge is -2.09. The highest BCUT2D eigenvalue weighted by atomic mass is 15.0. The number of nitriles is 1. The van der Waals surface area contributed by atoms with Gasteiger partial charge in [-0.2, -0.15) is 5.26 Å². The molecule has 3 N–H and O–H groups in total. The molecule has 4 nitrogen and oxygen atoms in total. The molecule has 0 radical (unpaired) electrons. The van der Waals surface area contributed by atoms with Crippen molar-refractivity contribution < 1.29 is 0 Å². The van der Waals surface area contributed by atoms with Gasteiger partial charge in [-0.15, -0.1) is 0 Å². The van der Waals surface area contributed by atoms with Crippen molar-refractivity contribution in [3.63, 3.8) is 0 Å². The molecule has 0 saturated carbocycles. The van der Waals surface area contributed by atoms with Crippen LogP contribution in [0.25, 0.3) is 0 Å². The first-order chi connectivity index (χ1) is 8.20. The van der Waals surface area contributed by atoms with Crippen molar-refractivity contribution in [1.82, 2.24) is 4.98 Å². The van der Waals surface area contributed by atoms with Crippen LogP contribution in [0.1, 0.15) is 11.1 Å². The summed E-state index contributed by atoms with van der Waals surface area (Å²) in [5, 5.41) is 12.1. The van der Waals surface area contributed by atoms with Gasteiger partial charge in [0.15, 0.2) is 0 Å². The minimum atomic E-state index is 0.438. The number of nitrogens with two attached hydrogens (primary N) is 1. The van der Waals surface area contributed by atoms with Gasteiger partial charge in [0.25, 0.3) is 0 Å². The molecule has 0 aliphatic rings. The fraction of sp³-hybridized carbons (Fsp3) is 0.0769. The summed E-state index contributed by atoms with van der Waals surface area (Å²) in [6, 6.07) is 11.5. The number of hydrogen-bond acceptors (Lipinski definition) is 4. The van der Waals surface area contributed by atoms with Crippen LogP contribution in [0.5, 0.6) is 0 Å². The summed E-state index contributed by atoms with van der Waals surface area (Å²) in [4.78, 5) is 4.13. The van der Waals surface area contributed by atoms with Gasteiger partial charge < -0.3 is 11.1 Å². The average Bonchev–Trinajstić information content (AvgIpc) is 2.34. The number of aromatic nitrogens is 1. The predicted octanol–water partition coefficient (Wildman–Crippen LogP) is 2.59. The van der Waals surface area contributed by atoms with Crippen LogP contribution in [0, 0.1) is 18.3 Å². The highest BCUT2D eigenvalue weighted by molar-refractivity contribution is 5.66. The predicted molar refractivity (Wildman–Crippen MR) is 67.8 cm³/mol. The van der Waals surface area contributed by atoms with Crippen molar-refractivity contribution in [2.24, 2.45) is 0 Å². The molecule has 0 saturated heterocycles. The molecular formula is C13H12N4. The van der Waals surface area contributed by atoms with Crippen LogP contribution in [0.2, 0.25) is 0 Å². The van der Waals surface area contributed by atoms with Gasteiger partial charge in [0.1, 0.15) is 11.9 Å². The van der Waals surface area contributed by atoms with Crippen LogP contribution in [0.15, 0.2) is 36.5 Å². The van der Waals surface area contributed by atoms with Crippen LogP contribution in [-0.4, -0.2) is 4.98 Å². The van der Waals surface area contributed by atoms with Gasteiger partial charge in [0, 0.05) is 5.69 Å². The topological polar surface area (TPSA) is 74.7 Å². The summed E-state index contributed by atoms with van der Waals surface area (Å²) in [6.45, 7) is 1.99. The standard InChI is InChI=1S/C13H12N4/c1-9-4-2-3-5-12(9)17-13-10(7-14)6-11(15)8-16-13/h2-6,8H,15H2,1H3,(H,16,17). The average molecular weight is 224 g/mol. The summed E-state index contributed by atoms with van der Waals surface area (Å²) < 4.78 is 0. The lowest BCUT2D eigenvalue weighted by Crippen LogP contribution is -1.99. The molecule has 0 atom stereocenters. The molecule has 0 aliphatic heterocycles. The SMILES string of the molecule is Cc1ccccc1Nc1ncc(N)cc1C#N. The third-order valence-electron chi connectivity index (χ3n) is 2.43. The number of para-hydroxylation sites is 1. The lowest BCUT2D eigenvalue weighted by atomic mass is 10.2. The highest BCUT2D eigenvalue weighted by Crippen LogP contribution is 2.22. The van der Waals surface area contributed by atoms with Crippen molar-refractivity contribution in [3.05, 3.63) is 47.7 Å². The fourth-order valence-corrected chi connectivity index (χ4v) is 1.51. The molecule has 1 heterocycles. The summed E-state index contributed by atoms with van der Waals surface area (Å²) in [5.41, 5.74) is 8.53. The second kappa shape index (κ2) is 4.54. The number of pyridine rings is 1. The molecule has 0 aliphatic carbocycles. The van der Waals surface area contributed by atoms with E-state index in [9.17, 15) is 0 Å². The molecule has 0 spiro atoms. The molecule has 1 aromatic heterocycles. The molecule has 1 aromatic carbocycles. The normalized spacial score (nSPS) is 9.65. The Kier molecular flexibility index (Phi) is 2.93.